The smallest absolute Gasteiger partial charge is 0.262 e. The van der Waals surface area contributed by atoms with E-state index in [9.17, 15) is 18.0 Å². The monoisotopic (exact) mass is 488 g/mol. The Morgan fingerprint density at radius 3 is 2.52 bits per heavy atom. The third kappa shape index (κ3) is 4.73. The molecule has 1 aliphatic carbocycles. The molecule has 0 bridgehead atoms. The molecule has 0 unspecified atom stereocenters. The van der Waals surface area contributed by atoms with Crippen LogP contribution in [0.5, 0.6) is 0 Å². The number of amides is 1. The molecule has 0 spiro atoms. The first-order chi connectivity index (χ1) is 15.7. The van der Waals surface area contributed by atoms with Gasteiger partial charge >= 0.3 is 0 Å². The number of carbonyl (C=O) groups excluding carboxylic acids is 1. The highest BCUT2D eigenvalue weighted by atomic mass is 32.2. The molecule has 33 heavy (non-hydrogen) atoms. The predicted molar refractivity (Wildman–Crippen MR) is 130 cm³/mol. The highest BCUT2D eigenvalue weighted by Gasteiger charge is 2.29. The summed E-state index contributed by atoms with van der Waals surface area (Å²) in [5, 5.41) is 3.27. The van der Waals surface area contributed by atoms with E-state index in [4.69, 9.17) is 0 Å². The van der Waals surface area contributed by atoms with Gasteiger partial charge in [0.05, 0.1) is 16.6 Å². The van der Waals surface area contributed by atoms with Crippen molar-refractivity contribution in [3.63, 3.8) is 0 Å². The van der Waals surface area contributed by atoms with Gasteiger partial charge < -0.3 is 5.32 Å². The molecule has 176 valence electrons. The number of fused-ring (bicyclic) bond motifs is 1. The Morgan fingerprint density at radius 1 is 1.18 bits per heavy atom. The molecule has 1 aliphatic rings. The third-order valence-electron chi connectivity index (χ3n) is 6.37. The van der Waals surface area contributed by atoms with Gasteiger partial charge in [0.1, 0.15) is 11.4 Å². The van der Waals surface area contributed by atoms with Gasteiger partial charge in [0.25, 0.3) is 5.56 Å². The maximum atomic E-state index is 13.0. The summed E-state index contributed by atoms with van der Waals surface area (Å²) >= 11 is 1.46. The van der Waals surface area contributed by atoms with Crippen LogP contribution in [0.4, 0.5) is 5.69 Å². The van der Waals surface area contributed by atoms with Crippen molar-refractivity contribution in [2.45, 2.75) is 63.4 Å². The third-order valence-corrected chi connectivity index (χ3v) is 9.41. The summed E-state index contributed by atoms with van der Waals surface area (Å²) in [5.41, 5.74) is 1.10. The molecule has 2 heterocycles. The molecule has 1 aromatic carbocycles. The molecule has 2 aromatic heterocycles. The molecule has 1 saturated carbocycles. The van der Waals surface area contributed by atoms with Crippen LogP contribution in [0, 0.1) is 13.8 Å². The fourth-order valence-corrected chi connectivity index (χ4v) is 6.66. The number of hydrogen-bond acceptors (Lipinski definition) is 6. The zero-order valence-corrected chi connectivity index (χ0v) is 20.6. The number of hydrogen-bond donors (Lipinski definition) is 1. The molecule has 1 N–H and O–H groups in total. The van der Waals surface area contributed by atoms with Crippen LogP contribution in [0.1, 0.15) is 42.5 Å². The molecule has 4 rings (SSSR count). The average Bonchev–Trinajstić information content (AvgIpc) is 3.10. The van der Waals surface area contributed by atoms with E-state index in [-0.39, 0.29) is 23.0 Å². The first-order valence-corrected chi connectivity index (χ1v) is 13.3. The Kier molecular flexibility index (Phi) is 6.69. The molecule has 0 saturated heterocycles. The fourth-order valence-electron chi connectivity index (χ4n) is 4.26. The highest BCUT2D eigenvalue weighted by molar-refractivity contribution is 7.89. The highest BCUT2D eigenvalue weighted by Crippen LogP contribution is 2.27. The van der Waals surface area contributed by atoms with Crippen molar-refractivity contribution in [1.29, 1.82) is 0 Å². The quantitative estimate of drug-likeness (QED) is 0.571. The van der Waals surface area contributed by atoms with E-state index in [1.54, 1.807) is 19.2 Å². The second-order valence-electron chi connectivity index (χ2n) is 8.53. The van der Waals surface area contributed by atoms with Gasteiger partial charge in [-0.2, -0.15) is 4.31 Å². The molecule has 0 aliphatic heterocycles. The Bertz CT molecular complexity index is 1340. The minimum atomic E-state index is -3.59. The number of benzene rings is 1. The van der Waals surface area contributed by atoms with E-state index < -0.39 is 15.9 Å². The summed E-state index contributed by atoms with van der Waals surface area (Å²) in [6.07, 6.45) is 6.40. The van der Waals surface area contributed by atoms with E-state index in [0.29, 0.717) is 15.9 Å². The summed E-state index contributed by atoms with van der Waals surface area (Å²) in [7, 11) is -1.95. The van der Waals surface area contributed by atoms with E-state index in [1.807, 2.05) is 13.8 Å². The van der Waals surface area contributed by atoms with Crippen molar-refractivity contribution >= 4 is 43.2 Å². The molecular formula is C23H28N4O4S2. The molecule has 10 heteroatoms. The summed E-state index contributed by atoms with van der Waals surface area (Å²) in [6, 6.07) is 6.16. The Hall–Kier alpha value is -2.56. The average molecular weight is 489 g/mol. The maximum Gasteiger partial charge on any atom is 0.262 e. The van der Waals surface area contributed by atoms with Gasteiger partial charge in [0.15, 0.2) is 0 Å². The van der Waals surface area contributed by atoms with Crippen molar-refractivity contribution in [2.24, 2.45) is 0 Å². The maximum absolute atomic E-state index is 13.0. The van der Waals surface area contributed by atoms with Crippen LogP contribution in [0.25, 0.3) is 10.2 Å². The summed E-state index contributed by atoms with van der Waals surface area (Å²) in [5.74, 6) is -0.391. The van der Waals surface area contributed by atoms with Crippen LogP contribution < -0.4 is 10.9 Å². The SMILES string of the molecule is Cc1sc2ncn(CC(=O)Nc3ccc(S(=O)(=O)N(C)C4CCCCC4)cc3)c(=O)c2c1C. The van der Waals surface area contributed by atoms with Crippen LogP contribution in [0.15, 0.2) is 40.3 Å². The van der Waals surface area contributed by atoms with E-state index >= 15 is 0 Å². The van der Waals surface area contributed by atoms with Gasteiger partial charge in [-0.25, -0.2) is 13.4 Å². The fraction of sp³-hybridized carbons (Fsp3) is 0.435. The number of carbonyl (C=O) groups is 1. The molecule has 0 radical (unpaired) electrons. The molecule has 0 atom stereocenters. The number of sulfonamides is 1. The van der Waals surface area contributed by atoms with Gasteiger partial charge in [-0.1, -0.05) is 19.3 Å². The van der Waals surface area contributed by atoms with Crippen LogP contribution in [0.3, 0.4) is 0 Å². The Morgan fingerprint density at radius 2 is 1.85 bits per heavy atom. The number of nitrogens with zero attached hydrogens (tertiary/aromatic N) is 3. The van der Waals surface area contributed by atoms with E-state index in [1.165, 1.54) is 38.7 Å². The minimum Gasteiger partial charge on any atom is -0.325 e. The summed E-state index contributed by atoms with van der Waals surface area (Å²) in [4.78, 5) is 31.5. The number of anilines is 1. The largest absolute Gasteiger partial charge is 0.325 e. The number of rotatable bonds is 6. The number of aromatic nitrogens is 2. The van der Waals surface area contributed by atoms with Gasteiger partial charge in [0.2, 0.25) is 15.9 Å². The van der Waals surface area contributed by atoms with Gasteiger partial charge in [-0.05, 0) is 56.5 Å². The second kappa shape index (κ2) is 9.36. The van der Waals surface area contributed by atoms with Crippen molar-refractivity contribution in [3.05, 3.63) is 51.4 Å². The topological polar surface area (TPSA) is 101 Å². The van der Waals surface area contributed by atoms with Gasteiger partial charge in [-0.15, -0.1) is 11.3 Å². The Labute approximate surface area is 197 Å². The summed E-state index contributed by atoms with van der Waals surface area (Å²) < 4.78 is 28.7. The number of nitrogens with one attached hydrogen (secondary N) is 1. The lowest BCUT2D eigenvalue weighted by Crippen LogP contribution is -2.38. The van der Waals surface area contributed by atoms with Crippen molar-refractivity contribution in [3.8, 4) is 0 Å². The first kappa shape index (κ1) is 23.6. The van der Waals surface area contributed by atoms with Crippen molar-refractivity contribution in [2.75, 3.05) is 12.4 Å². The van der Waals surface area contributed by atoms with Crippen LogP contribution in [0.2, 0.25) is 0 Å². The number of aryl methyl sites for hydroxylation is 2. The Balaban J connectivity index is 1.45. The first-order valence-electron chi connectivity index (χ1n) is 11.0. The zero-order valence-electron chi connectivity index (χ0n) is 19.0. The predicted octanol–water partition coefficient (Wildman–Crippen LogP) is 3.67. The molecular weight excluding hydrogens is 460 g/mol. The molecule has 8 nitrogen and oxygen atoms in total. The minimum absolute atomic E-state index is 0.0306. The molecule has 1 fully saturated rings. The summed E-state index contributed by atoms with van der Waals surface area (Å²) in [6.45, 7) is 3.64. The standard InChI is InChI=1S/C23H28N4O4S2/c1-15-16(2)32-22-21(15)23(29)27(14-24-22)13-20(28)25-17-9-11-19(12-10-17)33(30,31)26(3)18-7-5-4-6-8-18/h9-12,14,18H,4-8,13H2,1-3H3,(H,25,28). The van der Waals surface area contributed by atoms with E-state index in [0.717, 1.165) is 42.5 Å². The lowest BCUT2D eigenvalue weighted by Gasteiger charge is -2.30. The van der Waals surface area contributed by atoms with E-state index in [2.05, 4.69) is 10.3 Å². The number of thiophene rings is 1. The lowest BCUT2D eigenvalue weighted by molar-refractivity contribution is -0.116. The molecule has 3 aromatic rings. The van der Waals surface area contributed by atoms with Crippen molar-refractivity contribution < 1.29 is 13.2 Å². The van der Waals surface area contributed by atoms with Crippen LogP contribution >= 0.6 is 11.3 Å². The van der Waals surface area contributed by atoms with Crippen LogP contribution in [-0.2, 0) is 21.4 Å². The van der Waals surface area contributed by atoms with Gasteiger partial charge in [0, 0.05) is 23.7 Å². The zero-order chi connectivity index (χ0) is 23.8. The normalized spacial score (nSPS) is 15.3. The van der Waals surface area contributed by atoms with Crippen LogP contribution in [-0.4, -0.2) is 41.3 Å². The lowest BCUT2D eigenvalue weighted by atomic mass is 9.96. The molecule has 1 amide bonds. The van der Waals surface area contributed by atoms with Gasteiger partial charge in [-0.3, -0.25) is 14.2 Å². The van der Waals surface area contributed by atoms with Crippen molar-refractivity contribution in [1.82, 2.24) is 13.9 Å². The second-order valence-corrected chi connectivity index (χ2v) is 11.7.